The van der Waals surface area contributed by atoms with Crippen molar-refractivity contribution >= 4 is 27.6 Å². The third kappa shape index (κ3) is 9.31. The molecule has 4 heteroatoms. The van der Waals surface area contributed by atoms with Gasteiger partial charge in [0.15, 0.2) is 0 Å². The number of anilines is 1. The Morgan fingerprint density at radius 1 is 1.00 bits per heavy atom. The van der Waals surface area contributed by atoms with Crippen molar-refractivity contribution in [1.29, 1.82) is 0 Å². The van der Waals surface area contributed by atoms with E-state index in [0.29, 0.717) is 12.2 Å². The lowest BCUT2D eigenvalue weighted by Crippen LogP contribution is -2.11. The predicted octanol–water partition coefficient (Wildman–Crippen LogP) is 6.53. The number of hydrogen-bond donors (Lipinski definition) is 1. The van der Waals surface area contributed by atoms with E-state index in [-0.39, 0.29) is 10.9 Å². The molecule has 1 aromatic rings. The molecule has 136 valence electrons. The topological polar surface area (TPSA) is 38.3 Å². The smallest absolute Gasteiger partial charge is 0.338 e. The molecule has 0 spiro atoms. The average molecular weight is 398 g/mol. The van der Waals surface area contributed by atoms with Crippen LogP contribution in [0.5, 0.6) is 0 Å². The summed E-state index contributed by atoms with van der Waals surface area (Å²) < 4.78 is 4.99. The molecule has 0 fully saturated rings. The van der Waals surface area contributed by atoms with Gasteiger partial charge in [0.25, 0.3) is 0 Å². The maximum Gasteiger partial charge on any atom is 0.338 e. The highest BCUT2D eigenvalue weighted by molar-refractivity contribution is 9.09. The number of nitrogens with one attached hydrogen (secondary N) is 1. The second kappa shape index (κ2) is 13.3. The lowest BCUT2D eigenvalue weighted by atomic mass is 10.1. The molecule has 1 atom stereocenters. The van der Waals surface area contributed by atoms with Gasteiger partial charge in [0.1, 0.15) is 0 Å². The van der Waals surface area contributed by atoms with Crippen LogP contribution in [0.15, 0.2) is 24.3 Å². The molecule has 1 unspecified atom stereocenters. The van der Waals surface area contributed by atoms with E-state index in [1.807, 2.05) is 19.1 Å². The standard InChI is InChI=1S/C20H32BrNO2/c1-3-5-6-7-8-9-10-11-12-19(21)22-18-15-13-17(14-16-18)20(23)24-4-2/h13-16,19,22H,3-12H2,1-2H3. The van der Waals surface area contributed by atoms with E-state index in [4.69, 9.17) is 4.74 Å². The van der Waals surface area contributed by atoms with E-state index >= 15 is 0 Å². The van der Waals surface area contributed by atoms with Crippen molar-refractivity contribution in [1.82, 2.24) is 0 Å². The number of carbonyl (C=O) groups excluding carboxylic acids is 1. The van der Waals surface area contributed by atoms with Gasteiger partial charge >= 0.3 is 5.97 Å². The van der Waals surface area contributed by atoms with E-state index in [0.717, 1.165) is 12.1 Å². The number of carbonyl (C=O) groups is 1. The van der Waals surface area contributed by atoms with Crippen LogP contribution in [0.1, 0.15) is 82.0 Å². The zero-order valence-electron chi connectivity index (χ0n) is 15.2. The summed E-state index contributed by atoms with van der Waals surface area (Å²) in [6, 6.07) is 7.45. The summed E-state index contributed by atoms with van der Waals surface area (Å²) in [4.78, 5) is 11.9. The van der Waals surface area contributed by atoms with Crippen molar-refractivity contribution < 1.29 is 9.53 Å². The minimum absolute atomic E-state index is 0.265. The van der Waals surface area contributed by atoms with Gasteiger partial charge in [-0.05, 0) is 37.6 Å². The molecule has 0 saturated carbocycles. The molecule has 1 rings (SSSR count). The summed E-state index contributed by atoms with van der Waals surface area (Å²) in [5.74, 6) is -0.265. The fourth-order valence-electron chi connectivity index (χ4n) is 2.63. The van der Waals surface area contributed by atoms with Gasteiger partial charge in [-0.15, -0.1) is 0 Å². The molecule has 0 saturated heterocycles. The number of ether oxygens (including phenoxy) is 1. The van der Waals surface area contributed by atoms with Crippen LogP contribution in [0.3, 0.4) is 0 Å². The van der Waals surface area contributed by atoms with Crippen molar-refractivity contribution in [2.45, 2.75) is 76.6 Å². The number of esters is 1. The molecule has 0 aliphatic carbocycles. The maximum absolute atomic E-state index is 11.6. The third-order valence-corrected chi connectivity index (χ3v) is 4.72. The van der Waals surface area contributed by atoms with Crippen LogP contribution in [0.2, 0.25) is 0 Å². The number of hydrogen-bond acceptors (Lipinski definition) is 3. The number of halogens is 1. The molecule has 1 N–H and O–H groups in total. The normalized spacial score (nSPS) is 12.0. The Labute approximate surface area is 155 Å². The van der Waals surface area contributed by atoms with E-state index in [9.17, 15) is 4.79 Å². The van der Waals surface area contributed by atoms with Crippen LogP contribution in [-0.4, -0.2) is 17.5 Å². The van der Waals surface area contributed by atoms with Gasteiger partial charge in [0.05, 0.1) is 17.1 Å². The Morgan fingerprint density at radius 2 is 1.58 bits per heavy atom. The molecular weight excluding hydrogens is 366 g/mol. The molecule has 24 heavy (non-hydrogen) atoms. The molecule has 0 aromatic heterocycles. The lowest BCUT2D eigenvalue weighted by Gasteiger charge is -2.14. The number of benzene rings is 1. The summed E-state index contributed by atoms with van der Waals surface area (Å²) in [6.45, 7) is 4.48. The van der Waals surface area contributed by atoms with Crippen molar-refractivity contribution in [2.24, 2.45) is 0 Å². The van der Waals surface area contributed by atoms with E-state index in [1.165, 1.54) is 51.4 Å². The van der Waals surface area contributed by atoms with Gasteiger partial charge < -0.3 is 10.1 Å². The summed E-state index contributed by atoms with van der Waals surface area (Å²) in [7, 11) is 0. The molecular formula is C20H32BrNO2. The SMILES string of the molecule is CCCCCCCCCCC(Br)Nc1ccc(C(=O)OCC)cc1. The van der Waals surface area contributed by atoms with Crippen molar-refractivity contribution in [3.05, 3.63) is 29.8 Å². The summed E-state index contributed by atoms with van der Waals surface area (Å²) >= 11 is 3.69. The summed E-state index contributed by atoms with van der Waals surface area (Å²) in [6.07, 6.45) is 11.8. The summed E-state index contributed by atoms with van der Waals surface area (Å²) in [5, 5.41) is 3.42. The van der Waals surface area contributed by atoms with Gasteiger partial charge in [0, 0.05) is 5.69 Å². The minimum Gasteiger partial charge on any atom is -0.462 e. The number of unbranched alkanes of at least 4 members (excludes halogenated alkanes) is 7. The Bertz CT molecular complexity index is 447. The highest BCUT2D eigenvalue weighted by Gasteiger charge is 2.07. The lowest BCUT2D eigenvalue weighted by molar-refractivity contribution is 0.0526. The Hall–Kier alpha value is -1.03. The largest absolute Gasteiger partial charge is 0.462 e. The fraction of sp³-hybridized carbons (Fsp3) is 0.650. The van der Waals surface area contributed by atoms with Gasteiger partial charge in [-0.2, -0.15) is 0 Å². The highest BCUT2D eigenvalue weighted by Crippen LogP contribution is 2.18. The fourth-order valence-corrected chi connectivity index (χ4v) is 3.22. The first-order valence-corrected chi connectivity index (χ1v) is 10.3. The highest BCUT2D eigenvalue weighted by atomic mass is 79.9. The first-order valence-electron chi connectivity index (χ1n) is 9.35. The quantitative estimate of drug-likeness (QED) is 0.178. The van der Waals surface area contributed by atoms with E-state index in [2.05, 4.69) is 28.2 Å². The molecule has 0 amide bonds. The summed E-state index contributed by atoms with van der Waals surface area (Å²) in [5.41, 5.74) is 1.61. The van der Waals surface area contributed by atoms with Gasteiger partial charge in [0.2, 0.25) is 0 Å². The Morgan fingerprint density at radius 3 is 2.17 bits per heavy atom. The molecule has 1 aromatic carbocycles. The van der Waals surface area contributed by atoms with Crippen LogP contribution < -0.4 is 5.32 Å². The molecule has 0 aliphatic heterocycles. The van der Waals surface area contributed by atoms with Crippen LogP contribution in [-0.2, 0) is 4.74 Å². The molecule has 0 radical (unpaired) electrons. The molecule has 3 nitrogen and oxygen atoms in total. The van der Waals surface area contributed by atoms with Crippen molar-refractivity contribution in [3.63, 3.8) is 0 Å². The molecule has 0 aliphatic rings. The van der Waals surface area contributed by atoms with E-state index < -0.39 is 0 Å². The monoisotopic (exact) mass is 397 g/mol. The zero-order chi connectivity index (χ0) is 17.6. The van der Waals surface area contributed by atoms with Crippen LogP contribution in [0.4, 0.5) is 5.69 Å². The average Bonchev–Trinajstić information content (AvgIpc) is 2.58. The van der Waals surface area contributed by atoms with Gasteiger partial charge in [-0.3, -0.25) is 0 Å². The Kier molecular flexibility index (Phi) is 11.6. The van der Waals surface area contributed by atoms with Crippen molar-refractivity contribution in [2.75, 3.05) is 11.9 Å². The van der Waals surface area contributed by atoms with Crippen LogP contribution in [0, 0.1) is 0 Å². The van der Waals surface area contributed by atoms with E-state index in [1.54, 1.807) is 12.1 Å². The van der Waals surface area contributed by atoms with Crippen LogP contribution in [0.25, 0.3) is 0 Å². The van der Waals surface area contributed by atoms with Crippen molar-refractivity contribution in [3.8, 4) is 0 Å². The first kappa shape index (κ1) is 21.0. The predicted molar refractivity (Wildman–Crippen MR) is 106 cm³/mol. The number of rotatable bonds is 13. The maximum atomic E-state index is 11.6. The van der Waals surface area contributed by atoms with Crippen LogP contribution >= 0.6 is 15.9 Å². The second-order valence-corrected chi connectivity index (χ2v) is 7.28. The second-order valence-electron chi connectivity index (χ2n) is 6.17. The van der Waals surface area contributed by atoms with Gasteiger partial charge in [-0.25, -0.2) is 4.79 Å². The zero-order valence-corrected chi connectivity index (χ0v) is 16.7. The molecule has 0 bridgehead atoms. The minimum atomic E-state index is -0.265. The van der Waals surface area contributed by atoms with Gasteiger partial charge in [-0.1, -0.05) is 74.2 Å². The molecule has 0 heterocycles. The number of alkyl halides is 1. The Balaban J connectivity index is 2.16. The third-order valence-electron chi connectivity index (χ3n) is 4.03. The first-order chi connectivity index (χ1) is 11.7.